The van der Waals surface area contributed by atoms with Gasteiger partial charge in [0.15, 0.2) is 0 Å². The lowest BCUT2D eigenvalue weighted by Crippen LogP contribution is -2.43. The Balaban J connectivity index is 2.32. The van der Waals surface area contributed by atoms with Crippen LogP contribution in [0.3, 0.4) is 0 Å². The highest BCUT2D eigenvalue weighted by atomic mass is 35.5. The maximum absolute atomic E-state index is 10.9. The van der Waals surface area contributed by atoms with Gasteiger partial charge in [-0.2, -0.15) is 4.98 Å². The zero-order valence-electron chi connectivity index (χ0n) is 9.78. The minimum Gasteiger partial charge on any atom is -0.391 e. The molecule has 0 saturated carbocycles. The van der Waals surface area contributed by atoms with Gasteiger partial charge in [-0.3, -0.25) is 10.1 Å². The lowest BCUT2D eigenvalue weighted by Gasteiger charge is -2.34. The Morgan fingerprint density at radius 3 is 3.00 bits per heavy atom. The van der Waals surface area contributed by atoms with Crippen LogP contribution in [-0.4, -0.2) is 39.2 Å². The normalized spacial score (nSPS) is 24.1. The van der Waals surface area contributed by atoms with Crippen molar-refractivity contribution in [1.82, 2.24) is 9.97 Å². The second-order valence-electron chi connectivity index (χ2n) is 4.38. The van der Waals surface area contributed by atoms with Crippen LogP contribution in [0.5, 0.6) is 0 Å². The largest absolute Gasteiger partial charge is 0.391 e. The molecule has 0 amide bonds. The molecular weight excluding hydrogens is 260 g/mol. The van der Waals surface area contributed by atoms with Crippen molar-refractivity contribution < 1.29 is 10.0 Å². The Labute approximate surface area is 109 Å². The van der Waals surface area contributed by atoms with Crippen molar-refractivity contribution in [3.05, 3.63) is 21.6 Å². The van der Waals surface area contributed by atoms with Crippen molar-refractivity contribution in [2.24, 2.45) is 5.92 Å². The van der Waals surface area contributed by atoms with Gasteiger partial charge in [-0.25, -0.2) is 4.98 Å². The highest BCUT2D eigenvalue weighted by molar-refractivity contribution is 6.28. The highest BCUT2D eigenvalue weighted by Gasteiger charge is 2.30. The number of β-amino-alcohol motifs (C(OH)–C–C–N with tert-alkyl or cyclic N) is 1. The second-order valence-corrected chi connectivity index (χ2v) is 4.72. The van der Waals surface area contributed by atoms with Gasteiger partial charge < -0.3 is 10.0 Å². The van der Waals surface area contributed by atoms with Gasteiger partial charge in [-0.1, -0.05) is 6.92 Å². The quantitative estimate of drug-likeness (QED) is 0.495. The predicted molar refractivity (Wildman–Crippen MR) is 65.7 cm³/mol. The molecule has 0 bridgehead atoms. The molecule has 8 heteroatoms. The molecule has 0 aliphatic carbocycles. The standard InChI is InChI=1S/C10H13ClN4O3/c1-6-2-3-14(5-8(6)16)9-7(15(17)18)4-12-10(11)13-9/h4,6,8,16H,2-3,5H2,1H3. The molecule has 0 radical (unpaired) electrons. The fourth-order valence-corrected chi connectivity index (χ4v) is 2.08. The van der Waals surface area contributed by atoms with E-state index >= 15 is 0 Å². The zero-order chi connectivity index (χ0) is 13.3. The lowest BCUT2D eigenvalue weighted by atomic mass is 9.96. The third kappa shape index (κ3) is 2.51. The third-order valence-corrected chi connectivity index (χ3v) is 3.32. The minimum absolute atomic E-state index is 0.0382. The van der Waals surface area contributed by atoms with Gasteiger partial charge in [0.2, 0.25) is 11.1 Å². The first-order valence-corrected chi connectivity index (χ1v) is 5.96. The molecule has 18 heavy (non-hydrogen) atoms. The van der Waals surface area contributed by atoms with Gasteiger partial charge in [0.05, 0.1) is 11.0 Å². The van der Waals surface area contributed by atoms with E-state index in [0.717, 1.165) is 12.6 Å². The number of hydrogen-bond donors (Lipinski definition) is 1. The van der Waals surface area contributed by atoms with Gasteiger partial charge in [0.25, 0.3) is 0 Å². The molecule has 7 nitrogen and oxygen atoms in total. The summed E-state index contributed by atoms with van der Waals surface area (Å²) < 4.78 is 0. The molecule has 2 unspecified atom stereocenters. The number of hydrogen-bond acceptors (Lipinski definition) is 6. The Morgan fingerprint density at radius 2 is 2.39 bits per heavy atom. The molecule has 2 heterocycles. The fourth-order valence-electron chi connectivity index (χ4n) is 1.95. The van der Waals surface area contributed by atoms with Crippen molar-refractivity contribution in [1.29, 1.82) is 0 Å². The van der Waals surface area contributed by atoms with Crippen LogP contribution in [0.15, 0.2) is 6.20 Å². The third-order valence-electron chi connectivity index (χ3n) is 3.14. The van der Waals surface area contributed by atoms with E-state index in [-0.39, 0.29) is 22.7 Å². The fraction of sp³-hybridized carbons (Fsp3) is 0.600. The van der Waals surface area contributed by atoms with Crippen molar-refractivity contribution in [3.63, 3.8) is 0 Å². The van der Waals surface area contributed by atoms with E-state index in [0.29, 0.717) is 13.1 Å². The summed E-state index contributed by atoms with van der Waals surface area (Å²) in [5.41, 5.74) is -0.193. The molecule has 1 aliphatic heterocycles. The van der Waals surface area contributed by atoms with Crippen molar-refractivity contribution in [2.75, 3.05) is 18.0 Å². The van der Waals surface area contributed by atoms with Crippen molar-refractivity contribution in [2.45, 2.75) is 19.4 Å². The summed E-state index contributed by atoms with van der Waals surface area (Å²) in [6.45, 7) is 2.87. The second kappa shape index (κ2) is 5.03. The SMILES string of the molecule is CC1CCN(c2nc(Cl)ncc2[N+](=O)[O-])CC1O. The molecule has 1 aliphatic rings. The maximum atomic E-state index is 10.9. The molecule has 0 aromatic carbocycles. The molecule has 2 rings (SSSR count). The highest BCUT2D eigenvalue weighted by Crippen LogP contribution is 2.29. The average Bonchev–Trinajstić information content (AvgIpc) is 2.32. The molecule has 98 valence electrons. The molecule has 1 N–H and O–H groups in total. The Morgan fingerprint density at radius 1 is 1.67 bits per heavy atom. The summed E-state index contributed by atoms with van der Waals surface area (Å²) in [4.78, 5) is 19.6. The summed E-state index contributed by atoms with van der Waals surface area (Å²) in [7, 11) is 0. The Bertz CT molecular complexity index is 470. The topological polar surface area (TPSA) is 92.4 Å². The average molecular weight is 273 g/mol. The van der Waals surface area contributed by atoms with Crippen LogP contribution < -0.4 is 4.90 Å². The summed E-state index contributed by atoms with van der Waals surface area (Å²) in [5.74, 6) is 0.351. The number of aliphatic hydroxyl groups excluding tert-OH is 1. The molecule has 1 aromatic heterocycles. The van der Waals surface area contributed by atoms with Crippen LogP contribution >= 0.6 is 11.6 Å². The first kappa shape index (κ1) is 13.0. The number of halogens is 1. The molecule has 2 atom stereocenters. The van der Waals surface area contributed by atoms with Gasteiger partial charge >= 0.3 is 5.69 Å². The van der Waals surface area contributed by atoms with Crippen LogP contribution in [0.1, 0.15) is 13.3 Å². The first-order valence-electron chi connectivity index (χ1n) is 5.59. The number of nitrogens with zero attached hydrogens (tertiary/aromatic N) is 4. The Hall–Kier alpha value is -1.47. The summed E-state index contributed by atoms with van der Waals surface area (Å²) >= 11 is 5.67. The van der Waals surface area contributed by atoms with Crippen LogP contribution in [0.2, 0.25) is 5.28 Å². The molecule has 1 saturated heterocycles. The van der Waals surface area contributed by atoms with E-state index in [1.165, 1.54) is 0 Å². The van der Waals surface area contributed by atoms with Crippen LogP contribution in [0, 0.1) is 16.0 Å². The van der Waals surface area contributed by atoms with Gasteiger partial charge in [-0.15, -0.1) is 0 Å². The lowest BCUT2D eigenvalue weighted by molar-refractivity contribution is -0.384. The number of aromatic nitrogens is 2. The first-order chi connectivity index (χ1) is 8.49. The van der Waals surface area contributed by atoms with E-state index < -0.39 is 11.0 Å². The molecule has 0 spiro atoms. The number of anilines is 1. The summed E-state index contributed by atoms with van der Waals surface area (Å²) in [6.07, 6.45) is 1.32. The number of nitro groups is 1. The van der Waals surface area contributed by atoms with E-state index in [1.54, 1.807) is 4.90 Å². The molecular formula is C10H13ClN4O3. The summed E-state index contributed by atoms with van der Waals surface area (Å²) in [6, 6.07) is 0. The molecule has 1 fully saturated rings. The molecule has 1 aromatic rings. The summed E-state index contributed by atoms with van der Waals surface area (Å²) in [5, 5.41) is 20.7. The maximum Gasteiger partial charge on any atom is 0.329 e. The van der Waals surface area contributed by atoms with E-state index in [2.05, 4.69) is 9.97 Å². The zero-order valence-corrected chi connectivity index (χ0v) is 10.5. The van der Waals surface area contributed by atoms with Gasteiger partial charge in [0, 0.05) is 13.1 Å². The van der Waals surface area contributed by atoms with Crippen molar-refractivity contribution in [3.8, 4) is 0 Å². The van der Waals surface area contributed by atoms with E-state index in [9.17, 15) is 15.2 Å². The van der Waals surface area contributed by atoms with Crippen LogP contribution in [-0.2, 0) is 0 Å². The smallest absolute Gasteiger partial charge is 0.329 e. The van der Waals surface area contributed by atoms with Gasteiger partial charge in [0.1, 0.15) is 6.20 Å². The van der Waals surface area contributed by atoms with Crippen LogP contribution in [0.25, 0.3) is 0 Å². The minimum atomic E-state index is -0.546. The number of aliphatic hydroxyl groups is 1. The number of rotatable bonds is 2. The Kier molecular flexibility index (Phi) is 3.63. The van der Waals surface area contributed by atoms with E-state index in [4.69, 9.17) is 11.6 Å². The van der Waals surface area contributed by atoms with Crippen molar-refractivity contribution >= 4 is 23.1 Å². The van der Waals surface area contributed by atoms with Crippen LogP contribution in [0.4, 0.5) is 11.5 Å². The number of piperidine rings is 1. The van der Waals surface area contributed by atoms with Gasteiger partial charge in [-0.05, 0) is 23.9 Å². The monoisotopic (exact) mass is 272 g/mol. The van der Waals surface area contributed by atoms with E-state index in [1.807, 2.05) is 6.92 Å². The predicted octanol–water partition coefficient (Wildman–Crippen LogP) is 1.25.